The van der Waals surface area contributed by atoms with Crippen molar-refractivity contribution in [3.8, 4) is 17.2 Å². The molecule has 0 amide bonds. The van der Waals surface area contributed by atoms with Crippen LogP contribution in [0.15, 0.2) is 30.3 Å². The van der Waals surface area contributed by atoms with Gasteiger partial charge < -0.3 is 14.2 Å². The van der Waals surface area contributed by atoms with Crippen molar-refractivity contribution < 1.29 is 14.2 Å². The Morgan fingerprint density at radius 2 is 1.57 bits per heavy atom. The van der Waals surface area contributed by atoms with Gasteiger partial charge in [0.15, 0.2) is 11.5 Å². The lowest BCUT2D eigenvalue weighted by Crippen LogP contribution is -1.97. The van der Waals surface area contributed by atoms with Crippen molar-refractivity contribution in [1.82, 2.24) is 4.98 Å². The molecule has 1 heterocycles. The third-order valence-electron chi connectivity index (χ3n) is 3.57. The lowest BCUT2D eigenvalue weighted by Gasteiger charge is -2.15. The number of aromatic nitrogens is 1. The predicted octanol–water partition coefficient (Wildman–Crippen LogP) is 3.72. The van der Waals surface area contributed by atoms with Gasteiger partial charge >= 0.3 is 0 Å². The van der Waals surface area contributed by atoms with Crippen LogP contribution < -0.4 is 14.2 Å². The molecular formula is C17H17NO3. The summed E-state index contributed by atoms with van der Waals surface area (Å²) in [5.41, 5.74) is 2.96. The average molecular weight is 283 g/mol. The van der Waals surface area contributed by atoms with Gasteiger partial charge in [0.2, 0.25) is 5.75 Å². The predicted molar refractivity (Wildman–Crippen MR) is 83.6 cm³/mol. The average Bonchev–Trinajstić information content (AvgIpc) is 2.50. The fraction of sp³-hybridized carbons (Fsp3) is 0.235. The summed E-state index contributed by atoms with van der Waals surface area (Å²) in [7, 11) is 4.83. The summed E-state index contributed by atoms with van der Waals surface area (Å²) in [5.74, 6) is 1.84. The van der Waals surface area contributed by atoms with Crippen LogP contribution in [0.3, 0.4) is 0 Å². The molecule has 0 atom stereocenters. The number of rotatable bonds is 3. The topological polar surface area (TPSA) is 40.6 Å². The van der Waals surface area contributed by atoms with Crippen molar-refractivity contribution >= 4 is 21.8 Å². The number of aryl methyl sites for hydroxylation is 1. The van der Waals surface area contributed by atoms with Gasteiger partial charge in [0.05, 0.1) is 32.4 Å². The van der Waals surface area contributed by atoms with E-state index in [1.54, 1.807) is 21.3 Å². The molecule has 0 saturated heterocycles. The summed E-state index contributed by atoms with van der Waals surface area (Å²) >= 11 is 0. The summed E-state index contributed by atoms with van der Waals surface area (Å²) in [5, 5.41) is 1.99. The van der Waals surface area contributed by atoms with Gasteiger partial charge in [0.25, 0.3) is 0 Å². The number of methoxy groups -OCH3 is 3. The van der Waals surface area contributed by atoms with E-state index in [2.05, 4.69) is 25.1 Å². The van der Waals surface area contributed by atoms with Crippen molar-refractivity contribution in [3.63, 3.8) is 0 Å². The maximum atomic E-state index is 5.53. The fourth-order valence-corrected chi connectivity index (χ4v) is 2.57. The molecule has 2 aromatic carbocycles. The molecule has 4 nitrogen and oxygen atoms in total. The van der Waals surface area contributed by atoms with E-state index in [1.165, 1.54) is 5.56 Å². The Labute approximate surface area is 123 Å². The number of pyridine rings is 1. The number of nitrogens with zero attached hydrogens (tertiary/aromatic N) is 1. The van der Waals surface area contributed by atoms with Crippen LogP contribution in [0, 0.1) is 6.92 Å². The van der Waals surface area contributed by atoms with E-state index in [4.69, 9.17) is 19.2 Å². The van der Waals surface area contributed by atoms with Crippen LogP contribution in [0.1, 0.15) is 5.56 Å². The molecule has 0 N–H and O–H groups in total. The highest BCUT2D eigenvalue weighted by Gasteiger charge is 2.17. The van der Waals surface area contributed by atoms with Crippen LogP contribution in [-0.2, 0) is 0 Å². The molecule has 108 valence electrons. The number of fused-ring (bicyclic) bond motifs is 2. The first-order valence-corrected chi connectivity index (χ1v) is 6.68. The quantitative estimate of drug-likeness (QED) is 0.687. The van der Waals surface area contributed by atoms with E-state index in [9.17, 15) is 0 Å². The van der Waals surface area contributed by atoms with Crippen LogP contribution in [-0.4, -0.2) is 26.3 Å². The molecule has 3 aromatic rings. The first kappa shape index (κ1) is 13.5. The molecule has 0 radical (unpaired) electrons. The minimum absolute atomic E-state index is 0.585. The molecule has 21 heavy (non-hydrogen) atoms. The van der Waals surface area contributed by atoms with Crippen molar-refractivity contribution in [2.75, 3.05) is 21.3 Å². The first-order valence-electron chi connectivity index (χ1n) is 6.68. The molecule has 0 aliphatic heterocycles. The molecular weight excluding hydrogens is 266 g/mol. The summed E-state index contributed by atoms with van der Waals surface area (Å²) in [6.45, 7) is 2.06. The second-order valence-electron chi connectivity index (χ2n) is 4.90. The van der Waals surface area contributed by atoms with Crippen LogP contribution in [0.2, 0.25) is 0 Å². The zero-order valence-electron chi connectivity index (χ0n) is 12.6. The molecule has 0 aliphatic carbocycles. The molecule has 0 aliphatic rings. The SMILES string of the molecule is COc1cc2nc3ccc(C)cc3cc2c(OC)c1OC. The summed E-state index contributed by atoms with van der Waals surface area (Å²) < 4.78 is 16.3. The van der Waals surface area contributed by atoms with Gasteiger partial charge in [-0.1, -0.05) is 11.6 Å². The van der Waals surface area contributed by atoms with Gasteiger partial charge in [-0.3, -0.25) is 0 Å². The molecule has 3 rings (SSSR count). The van der Waals surface area contributed by atoms with Crippen LogP contribution in [0.5, 0.6) is 17.2 Å². The Balaban J connectivity index is 2.44. The van der Waals surface area contributed by atoms with Crippen molar-refractivity contribution in [2.45, 2.75) is 6.92 Å². The Morgan fingerprint density at radius 3 is 2.24 bits per heavy atom. The second kappa shape index (κ2) is 5.13. The maximum Gasteiger partial charge on any atom is 0.204 e. The van der Waals surface area contributed by atoms with Crippen molar-refractivity contribution in [3.05, 3.63) is 35.9 Å². The van der Waals surface area contributed by atoms with Gasteiger partial charge in [-0.05, 0) is 25.1 Å². The lowest BCUT2D eigenvalue weighted by atomic mass is 10.1. The standard InChI is InChI=1S/C17H17NO3/c1-10-5-6-13-11(7-10)8-12-14(18-13)9-15(19-2)17(21-4)16(12)20-3/h5-9H,1-4H3. The molecule has 0 unspecified atom stereocenters. The highest BCUT2D eigenvalue weighted by atomic mass is 16.5. The highest BCUT2D eigenvalue weighted by Crippen LogP contribution is 2.43. The van der Waals surface area contributed by atoms with Gasteiger partial charge in [-0.25, -0.2) is 4.98 Å². The van der Waals surface area contributed by atoms with Crippen LogP contribution in [0.4, 0.5) is 0 Å². The summed E-state index contributed by atoms with van der Waals surface area (Å²) in [6.07, 6.45) is 0. The van der Waals surface area contributed by atoms with Gasteiger partial charge in [0.1, 0.15) is 0 Å². The number of hydrogen-bond acceptors (Lipinski definition) is 4. The largest absolute Gasteiger partial charge is 0.493 e. The molecule has 4 heteroatoms. The zero-order valence-corrected chi connectivity index (χ0v) is 12.6. The summed E-state index contributed by atoms with van der Waals surface area (Å²) in [4.78, 5) is 4.70. The first-order chi connectivity index (χ1) is 10.2. The van der Waals surface area contributed by atoms with Gasteiger partial charge in [0, 0.05) is 16.8 Å². The van der Waals surface area contributed by atoms with E-state index in [-0.39, 0.29) is 0 Å². The Morgan fingerprint density at radius 1 is 0.810 bits per heavy atom. The lowest BCUT2D eigenvalue weighted by molar-refractivity contribution is 0.327. The van der Waals surface area contributed by atoms with E-state index >= 15 is 0 Å². The minimum atomic E-state index is 0.585. The van der Waals surface area contributed by atoms with Crippen molar-refractivity contribution in [1.29, 1.82) is 0 Å². The minimum Gasteiger partial charge on any atom is -0.493 e. The Kier molecular flexibility index (Phi) is 3.29. The summed E-state index contributed by atoms with van der Waals surface area (Å²) in [6, 6.07) is 10.1. The van der Waals surface area contributed by atoms with Crippen LogP contribution >= 0.6 is 0 Å². The van der Waals surface area contributed by atoms with Crippen molar-refractivity contribution in [2.24, 2.45) is 0 Å². The van der Waals surface area contributed by atoms with Gasteiger partial charge in [-0.2, -0.15) is 0 Å². The molecule has 0 spiro atoms. The normalized spacial score (nSPS) is 10.9. The monoisotopic (exact) mass is 283 g/mol. The smallest absolute Gasteiger partial charge is 0.204 e. The van der Waals surface area contributed by atoms with Crippen LogP contribution in [0.25, 0.3) is 21.8 Å². The Bertz CT molecular complexity index is 827. The molecule has 0 bridgehead atoms. The zero-order chi connectivity index (χ0) is 15.0. The van der Waals surface area contributed by atoms with Gasteiger partial charge in [-0.15, -0.1) is 0 Å². The van der Waals surface area contributed by atoms with E-state index in [0.29, 0.717) is 17.2 Å². The molecule has 0 saturated carbocycles. The Hall–Kier alpha value is -2.49. The third kappa shape index (κ3) is 2.13. The van der Waals surface area contributed by atoms with E-state index in [1.807, 2.05) is 12.1 Å². The second-order valence-corrected chi connectivity index (χ2v) is 4.90. The van der Waals surface area contributed by atoms with E-state index in [0.717, 1.165) is 21.8 Å². The number of hydrogen-bond donors (Lipinski definition) is 0. The maximum absolute atomic E-state index is 5.53. The fourth-order valence-electron chi connectivity index (χ4n) is 2.57. The van der Waals surface area contributed by atoms with E-state index < -0.39 is 0 Å². The highest BCUT2D eigenvalue weighted by molar-refractivity contribution is 5.98. The number of ether oxygens (including phenoxy) is 3. The molecule has 1 aromatic heterocycles. The third-order valence-corrected chi connectivity index (χ3v) is 3.57. The molecule has 0 fully saturated rings. The number of benzene rings is 2.